The van der Waals surface area contributed by atoms with Crippen molar-refractivity contribution in [2.24, 2.45) is 0 Å². The maximum absolute atomic E-state index is 6.60. The van der Waals surface area contributed by atoms with E-state index < -0.39 is 0 Å². The minimum Gasteiger partial charge on any atom is -0.455 e. The lowest BCUT2D eigenvalue weighted by atomic mass is 10.0. The van der Waals surface area contributed by atoms with Crippen molar-refractivity contribution < 1.29 is 8.83 Å². The number of rotatable bonds is 21. The Labute approximate surface area is 810 Å². The molecule has 0 unspecified atom stereocenters. The van der Waals surface area contributed by atoms with E-state index in [-0.39, 0.29) is 0 Å². The number of benzene rings is 22. The molecule has 0 bridgehead atoms. The van der Waals surface area contributed by atoms with Gasteiger partial charge in [0.1, 0.15) is 22.3 Å². The van der Waals surface area contributed by atoms with Gasteiger partial charge in [0, 0.05) is 134 Å². The van der Waals surface area contributed by atoms with Gasteiger partial charge >= 0.3 is 0 Å². The maximum atomic E-state index is 6.60. The molecule has 4 aromatic heterocycles. The number of aromatic nitrogens is 2. The maximum Gasteiger partial charge on any atom is 0.143 e. The Kier molecular flexibility index (Phi) is 20.4. The second kappa shape index (κ2) is 34.9. The minimum atomic E-state index is 0.878. The molecule has 0 amide bonds. The molecule has 0 saturated carbocycles. The molecule has 140 heavy (non-hydrogen) atoms. The predicted octanol–water partition coefficient (Wildman–Crippen LogP) is 37.2. The van der Waals surface area contributed by atoms with Crippen LogP contribution in [0.4, 0.5) is 68.2 Å². The first kappa shape index (κ1) is 82.0. The first-order valence-electron chi connectivity index (χ1n) is 47.7. The van der Waals surface area contributed by atoms with Gasteiger partial charge in [0.15, 0.2) is 0 Å². The van der Waals surface area contributed by atoms with Crippen molar-refractivity contribution >= 4 is 156 Å². The van der Waals surface area contributed by atoms with E-state index in [1.807, 2.05) is 24.3 Å². The smallest absolute Gasteiger partial charge is 0.143 e. The molecule has 0 saturated heterocycles. The Morgan fingerprint density at radius 1 is 0.136 bits per heavy atom. The lowest BCUT2D eigenvalue weighted by molar-refractivity contribution is 0.669. The van der Waals surface area contributed by atoms with E-state index >= 15 is 0 Å². The predicted molar refractivity (Wildman–Crippen MR) is 586 cm³/mol. The zero-order valence-electron chi connectivity index (χ0n) is 76.3. The molecule has 22 aromatic carbocycles. The monoisotopic (exact) mass is 1790 g/mol. The molecular formula is C132H88N6O2. The average molecular weight is 1790 g/mol. The number of hydrogen-bond acceptors (Lipinski definition) is 6. The summed E-state index contributed by atoms with van der Waals surface area (Å²) in [5.74, 6) is 0. The van der Waals surface area contributed by atoms with Gasteiger partial charge in [-0.25, -0.2) is 0 Å². The summed E-state index contributed by atoms with van der Waals surface area (Å²) < 4.78 is 17.9. The number of para-hydroxylation sites is 10. The van der Waals surface area contributed by atoms with Gasteiger partial charge in [-0.15, -0.1) is 0 Å². The molecule has 26 rings (SSSR count). The fourth-order valence-corrected chi connectivity index (χ4v) is 20.9. The molecule has 8 heteroatoms. The van der Waals surface area contributed by atoms with Gasteiger partial charge in [0.05, 0.1) is 22.1 Å². The van der Waals surface area contributed by atoms with Crippen LogP contribution in [-0.4, -0.2) is 9.13 Å². The van der Waals surface area contributed by atoms with Crippen LogP contribution in [0.25, 0.3) is 177 Å². The molecule has 0 radical (unpaired) electrons. The zero-order valence-corrected chi connectivity index (χ0v) is 76.3. The van der Waals surface area contributed by atoms with E-state index in [0.717, 1.165) is 190 Å². The Morgan fingerprint density at radius 3 is 0.629 bits per heavy atom. The van der Waals surface area contributed by atoms with Gasteiger partial charge in [-0.1, -0.05) is 315 Å². The Balaban J connectivity index is 0.498. The third kappa shape index (κ3) is 14.8. The lowest BCUT2D eigenvalue weighted by Gasteiger charge is -2.27. The van der Waals surface area contributed by atoms with Crippen molar-refractivity contribution in [1.29, 1.82) is 0 Å². The van der Waals surface area contributed by atoms with E-state index in [4.69, 9.17) is 8.83 Å². The summed E-state index contributed by atoms with van der Waals surface area (Å²) in [5, 5.41) is 9.35. The molecule has 0 spiro atoms. The summed E-state index contributed by atoms with van der Waals surface area (Å²) >= 11 is 0. The molecule has 8 nitrogen and oxygen atoms in total. The van der Waals surface area contributed by atoms with Gasteiger partial charge in [-0.05, 0) is 285 Å². The molecular weight excluding hydrogens is 1700 g/mol. The van der Waals surface area contributed by atoms with Crippen molar-refractivity contribution in [3.05, 3.63) is 534 Å². The van der Waals surface area contributed by atoms with Gasteiger partial charge in [0.2, 0.25) is 0 Å². The number of furan rings is 2. The van der Waals surface area contributed by atoms with E-state index in [1.54, 1.807) is 0 Å². The molecule has 0 fully saturated rings. The molecule has 0 N–H and O–H groups in total. The molecule has 658 valence electrons. The third-order valence-corrected chi connectivity index (χ3v) is 27.8. The highest BCUT2D eigenvalue weighted by molar-refractivity contribution is 6.14. The van der Waals surface area contributed by atoms with Crippen LogP contribution < -0.4 is 19.6 Å². The van der Waals surface area contributed by atoms with Crippen LogP contribution in [0.5, 0.6) is 0 Å². The van der Waals surface area contributed by atoms with Crippen LogP contribution in [-0.2, 0) is 0 Å². The summed E-state index contributed by atoms with van der Waals surface area (Å²) in [7, 11) is 0. The minimum absolute atomic E-state index is 0.878. The summed E-state index contributed by atoms with van der Waals surface area (Å²) in [6.45, 7) is 0. The Morgan fingerprint density at radius 2 is 0.343 bits per heavy atom. The third-order valence-electron chi connectivity index (χ3n) is 27.8. The van der Waals surface area contributed by atoms with E-state index in [1.165, 1.54) is 54.7 Å². The summed E-state index contributed by atoms with van der Waals surface area (Å²) in [4.78, 5) is 9.38. The van der Waals surface area contributed by atoms with Gasteiger partial charge in [-0.2, -0.15) is 0 Å². The van der Waals surface area contributed by atoms with Crippen LogP contribution in [0.2, 0.25) is 0 Å². The first-order valence-corrected chi connectivity index (χ1v) is 47.7. The number of anilines is 12. The summed E-state index contributed by atoms with van der Waals surface area (Å²) in [5.41, 5.74) is 38.7. The fraction of sp³-hybridized carbons (Fsp3) is 0. The van der Waals surface area contributed by atoms with Crippen LogP contribution >= 0.6 is 0 Å². The lowest BCUT2D eigenvalue weighted by Crippen LogP contribution is -2.10. The van der Waals surface area contributed by atoms with Gasteiger partial charge in [-0.3, -0.25) is 0 Å². The molecule has 26 aromatic rings. The molecule has 0 aliphatic rings. The van der Waals surface area contributed by atoms with Crippen LogP contribution in [0.3, 0.4) is 0 Å². The normalized spacial score (nSPS) is 11.6. The Bertz CT molecular complexity index is 8550. The standard InChI is InChI=1S/C132H88N6O2/c1-5-23-101(24-6-1)133(107-77-55-95(56-78-107)99-63-85-127-123(87-99)117-31-13-17-39-125(117)137(127)103-27-9-3-10-28-103)105-65-43-89(44-66-105)91-47-69-109(70-48-91)135(113-81-59-97(60-82-113)115-35-21-37-121-119-33-15-19-41-129(119)139-131(115)121)111-73-51-93(52-74-111)94-53-75-112(76-54-94)136(114-83-61-98(62-84-114)116-36-22-38-122-120-34-16-20-42-130(120)140-132(116)122)110-71-49-92(50-72-110)90-45-67-106(68-46-90)134(102-25-7-2-8-26-102)108-79-57-96(58-80-108)100-64-86-128-124(88-100)118-32-14-18-40-126(118)138(128)104-29-11-4-12-30-104/h1-88H. The van der Waals surface area contributed by atoms with E-state index in [2.05, 4.69) is 538 Å². The number of nitrogens with zero attached hydrogens (tertiary/aromatic N) is 6. The SMILES string of the molecule is c1ccc(N(c2ccc(-c3ccc(N(c4ccc(-c5ccc(N(c6ccc(-c7ccc(N(c8ccccc8)c8ccc(-c9ccc%10c(c9)c9ccccc9n%10-c9ccccc9)cc8)cc7)cc6)c6ccc(-c7cccc8c7oc7ccccc78)cc6)cc5)cc4)c4ccc(-c5cccc6c5oc5ccccc56)cc4)cc3)cc2)c2ccc(-c3ccc4c(c3)c3ccccc3n4-c3ccccc3)cc2)cc1. The molecule has 4 heterocycles. The zero-order chi connectivity index (χ0) is 92.5. The summed E-state index contributed by atoms with van der Waals surface area (Å²) in [6, 6.07) is 193. The quantitative estimate of drug-likeness (QED) is 0.0715. The van der Waals surface area contributed by atoms with Crippen molar-refractivity contribution in [3.63, 3.8) is 0 Å². The van der Waals surface area contributed by atoms with Gasteiger partial charge < -0.3 is 37.6 Å². The largest absolute Gasteiger partial charge is 0.455 e. The average Bonchev–Trinajstić information content (AvgIpc) is 1.59. The van der Waals surface area contributed by atoms with E-state index in [9.17, 15) is 0 Å². The second-order valence-corrected chi connectivity index (χ2v) is 35.9. The van der Waals surface area contributed by atoms with E-state index in [0.29, 0.717) is 0 Å². The highest BCUT2D eigenvalue weighted by Crippen LogP contribution is 2.48. The molecule has 0 aliphatic carbocycles. The second-order valence-electron chi connectivity index (χ2n) is 35.9. The molecule has 0 aliphatic heterocycles. The van der Waals surface area contributed by atoms with Crippen molar-refractivity contribution in [2.45, 2.75) is 0 Å². The number of hydrogen-bond donors (Lipinski definition) is 0. The number of fused-ring (bicyclic) bond motifs is 12. The van der Waals surface area contributed by atoms with Crippen molar-refractivity contribution in [3.8, 4) is 89.3 Å². The van der Waals surface area contributed by atoms with Crippen molar-refractivity contribution in [2.75, 3.05) is 19.6 Å². The first-order chi connectivity index (χ1) is 69.4. The highest BCUT2D eigenvalue weighted by atomic mass is 16.3. The van der Waals surface area contributed by atoms with Crippen molar-refractivity contribution in [1.82, 2.24) is 9.13 Å². The topological polar surface area (TPSA) is 49.1 Å². The van der Waals surface area contributed by atoms with Crippen LogP contribution in [0.15, 0.2) is 543 Å². The highest BCUT2D eigenvalue weighted by Gasteiger charge is 2.25. The van der Waals surface area contributed by atoms with Gasteiger partial charge in [0.25, 0.3) is 0 Å². The Hall–Kier alpha value is -18.8. The molecule has 0 atom stereocenters. The summed E-state index contributed by atoms with van der Waals surface area (Å²) in [6.07, 6.45) is 0. The fourth-order valence-electron chi connectivity index (χ4n) is 20.9. The van der Waals surface area contributed by atoms with Crippen LogP contribution in [0, 0.1) is 0 Å². The van der Waals surface area contributed by atoms with Crippen LogP contribution in [0.1, 0.15) is 0 Å².